The Kier molecular flexibility index (Phi) is 4.66. The van der Waals surface area contributed by atoms with Crippen molar-refractivity contribution >= 4 is 34.3 Å². The minimum absolute atomic E-state index is 0.0340. The summed E-state index contributed by atoms with van der Waals surface area (Å²) >= 11 is -1.05. The maximum atomic E-state index is 11.5. The van der Waals surface area contributed by atoms with Gasteiger partial charge in [-0.15, -0.1) is 5.10 Å². The topological polar surface area (TPSA) is 129 Å². The van der Waals surface area contributed by atoms with Gasteiger partial charge >= 0.3 is 5.97 Å². The summed E-state index contributed by atoms with van der Waals surface area (Å²) in [5, 5.41) is 20.6. The van der Waals surface area contributed by atoms with Gasteiger partial charge in [-0.25, -0.2) is 4.98 Å². The molecular weight excluding hydrogens is 368 g/mol. The fraction of sp³-hybridized carbons (Fsp3) is 0.353. The van der Waals surface area contributed by atoms with E-state index in [9.17, 15) is 9.35 Å². The molecule has 2 N–H and O–H groups in total. The van der Waals surface area contributed by atoms with Crippen LogP contribution in [-0.2, 0) is 16.0 Å². The molecule has 1 aromatic carbocycles. The highest BCUT2D eigenvalue weighted by molar-refractivity contribution is 7.90. The van der Waals surface area contributed by atoms with Crippen molar-refractivity contribution in [2.75, 3.05) is 11.6 Å². The highest BCUT2D eigenvalue weighted by Gasteiger charge is 2.30. The number of nitrogens with zero attached hydrogens (tertiary/aromatic N) is 5. The van der Waals surface area contributed by atoms with Crippen molar-refractivity contribution in [3.63, 3.8) is 0 Å². The van der Waals surface area contributed by atoms with E-state index in [-0.39, 0.29) is 12.0 Å². The van der Waals surface area contributed by atoms with Crippen molar-refractivity contribution in [3.05, 3.63) is 30.5 Å². The van der Waals surface area contributed by atoms with Gasteiger partial charge in [0.25, 0.3) is 0 Å². The van der Waals surface area contributed by atoms with Gasteiger partial charge in [-0.1, -0.05) is 5.21 Å². The summed E-state index contributed by atoms with van der Waals surface area (Å²) in [7, 11) is 0. The maximum absolute atomic E-state index is 11.5. The summed E-state index contributed by atoms with van der Waals surface area (Å²) in [6.07, 6.45) is 5.20. The van der Waals surface area contributed by atoms with Crippen LogP contribution >= 0.6 is 0 Å². The molecule has 1 aliphatic rings. The first kappa shape index (κ1) is 17.7. The van der Waals surface area contributed by atoms with Crippen molar-refractivity contribution in [2.45, 2.75) is 30.2 Å². The lowest BCUT2D eigenvalue weighted by molar-refractivity contribution is -0.141. The van der Waals surface area contributed by atoms with Gasteiger partial charge in [0.15, 0.2) is 16.1 Å². The Bertz CT molecular complexity index is 974. The van der Waals surface area contributed by atoms with E-state index in [0.29, 0.717) is 30.0 Å². The second kappa shape index (κ2) is 7.12. The predicted octanol–water partition coefficient (Wildman–Crippen LogP) is 1.61. The molecule has 10 heteroatoms. The van der Waals surface area contributed by atoms with Crippen molar-refractivity contribution in [1.29, 1.82) is 0 Å². The fourth-order valence-corrected chi connectivity index (χ4v) is 3.79. The summed E-state index contributed by atoms with van der Waals surface area (Å²) in [6.45, 7) is 0. The Labute approximate surface area is 158 Å². The number of carboxylic acids is 1. The van der Waals surface area contributed by atoms with Crippen molar-refractivity contribution in [1.82, 2.24) is 25.0 Å². The van der Waals surface area contributed by atoms with E-state index in [4.69, 9.17) is 5.11 Å². The standard InChI is InChI=1S/C17H18N6O3S/c1-27(26)13-6-4-12(5-7-13)23-15-14(21-22-23)9-18-17(20-15)19-11-3-2-10(8-11)16(24)25/h4-7,9-11H,2-3,8H2,1H3,(H,24,25)(H,18,19,20)/t10-,11-,27?/m1/s1. The molecule has 4 rings (SSSR count). The van der Waals surface area contributed by atoms with Gasteiger partial charge in [0.2, 0.25) is 5.95 Å². The van der Waals surface area contributed by atoms with E-state index in [2.05, 4.69) is 25.6 Å². The van der Waals surface area contributed by atoms with Crippen LogP contribution in [0.5, 0.6) is 0 Å². The molecule has 2 heterocycles. The van der Waals surface area contributed by atoms with Crippen molar-refractivity contribution < 1.29 is 14.5 Å². The van der Waals surface area contributed by atoms with Crippen molar-refractivity contribution in [2.24, 2.45) is 5.92 Å². The first-order valence-electron chi connectivity index (χ1n) is 8.53. The molecule has 27 heavy (non-hydrogen) atoms. The monoisotopic (exact) mass is 386 g/mol. The molecular formula is C17H18N6O3S. The van der Waals surface area contributed by atoms with Gasteiger partial charge in [-0.2, -0.15) is 9.67 Å². The van der Waals surface area contributed by atoms with Crippen LogP contribution in [0.3, 0.4) is 0 Å². The van der Waals surface area contributed by atoms with E-state index < -0.39 is 17.1 Å². The Morgan fingerprint density at radius 3 is 2.78 bits per heavy atom. The van der Waals surface area contributed by atoms with Crippen LogP contribution in [0, 0.1) is 5.92 Å². The number of hydrogen-bond acceptors (Lipinski definition) is 7. The van der Waals surface area contributed by atoms with Crippen LogP contribution < -0.4 is 5.32 Å². The molecule has 2 aromatic heterocycles. The zero-order valence-corrected chi connectivity index (χ0v) is 15.4. The molecule has 140 valence electrons. The van der Waals surface area contributed by atoms with E-state index in [0.717, 1.165) is 17.0 Å². The zero-order chi connectivity index (χ0) is 19.0. The Morgan fingerprint density at radius 1 is 1.33 bits per heavy atom. The first-order valence-corrected chi connectivity index (χ1v) is 10.1. The minimum Gasteiger partial charge on any atom is -0.612 e. The number of aromatic nitrogens is 5. The molecule has 1 aliphatic carbocycles. The average molecular weight is 386 g/mol. The van der Waals surface area contributed by atoms with E-state index in [1.165, 1.54) is 0 Å². The van der Waals surface area contributed by atoms with E-state index in [1.54, 1.807) is 29.3 Å². The molecule has 1 unspecified atom stereocenters. The van der Waals surface area contributed by atoms with Gasteiger partial charge < -0.3 is 15.0 Å². The van der Waals surface area contributed by atoms with E-state index >= 15 is 0 Å². The molecule has 0 bridgehead atoms. The third-order valence-electron chi connectivity index (χ3n) is 4.72. The smallest absolute Gasteiger partial charge is 0.306 e. The number of hydrogen-bond donors (Lipinski definition) is 2. The second-order valence-electron chi connectivity index (χ2n) is 6.54. The normalized spacial score (nSPS) is 20.7. The predicted molar refractivity (Wildman–Crippen MR) is 99.2 cm³/mol. The van der Waals surface area contributed by atoms with Crippen LogP contribution in [0.25, 0.3) is 16.9 Å². The third-order valence-corrected chi connectivity index (χ3v) is 5.66. The number of rotatable bonds is 5. The molecule has 0 saturated heterocycles. The molecule has 0 aliphatic heterocycles. The fourth-order valence-electron chi connectivity index (χ4n) is 3.27. The molecule has 3 aromatic rings. The lowest BCUT2D eigenvalue weighted by Gasteiger charge is -2.12. The van der Waals surface area contributed by atoms with Gasteiger partial charge in [0.1, 0.15) is 6.26 Å². The number of nitrogens with one attached hydrogen (secondary N) is 1. The molecule has 1 fully saturated rings. The Morgan fingerprint density at radius 2 is 2.11 bits per heavy atom. The van der Waals surface area contributed by atoms with Crippen molar-refractivity contribution in [3.8, 4) is 5.69 Å². The van der Waals surface area contributed by atoms with Crippen LogP contribution in [0.2, 0.25) is 0 Å². The molecule has 0 radical (unpaired) electrons. The number of fused-ring (bicyclic) bond motifs is 1. The quantitative estimate of drug-likeness (QED) is 0.633. The lowest BCUT2D eigenvalue weighted by atomic mass is 10.1. The lowest BCUT2D eigenvalue weighted by Crippen LogP contribution is -2.19. The first-order chi connectivity index (χ1) is 13.0. The maximum Gasteiger partial charge on any atom is 0.306 e. The number of aliphatic carboxylic acids is 1. The Hall–Kier alpha value is -2.72. The summed E-state index contributed by atoms with van der Waals surface area (Å²) < 4.78 is 13.1. The molecule has 0 amide bonds. The van der Waals surface area contributed by atoms with Crippen LogP contribution in [0.4, 0.5) is 5.95 Å². The van der Waals surface area contributed by atoms with Gasteiger partial charge in [-0.05, 0) is 54.7 Å². The average Bonchev–Trinajstić information content (AvgIpc) is 3.28. The second-order valence-corrected chi connectivity index (χ2v) is 7.92. The molecule has 0 spiro atoms. The minimum atomic E-state index is -1.05. The number of anilines is 1. The number of carboxylic acid groups (broad SMARTS) is 1. The number of benzene rings is 1. The van der Waals surface area contributed by atoms with Crippen LogP contribution in [-0.4, -0.2) is 52.9 Å². The summed E-state index contributed by atoms with van der Waals surface area (Å²) in [5.41, 5.74) is 1.85. The summed E-state index contributed by atoms with van der Waals surface area (Å²) in [4.78, 5) is 20.6. The van der Waals surface area contributed by atoms with Gasteiger partial charge in [0.05, 0.1) is 17.8 Å². The van der Waals surface area contributed by atoms with Gasteiger partial charge in [0, 0.05) is 6.04 Å². The van der Waals surface area contributed by atoms with Crippen LogP contribution in [0.15, 0.2) is 35.4 Å². The highest BCUT2D eigenvalue weighted by Crippen LogP contribution is 2.28. The van der Waals surface area contributed by atoms with E-state index in [1.807, 2.05) is 12.1 Å². The zero-order valence-electron chi connectivity index (χ0n) is 14.6. The third kappa shape index (κ3) is 3.58. The molecule has 9 nitrogen and oxygen atoms in total. The van der Waals surface area contributed by atoms with Gasteiger partial charge in [-0.3, -0.25) is 4.79 Å². The summed E-state index contributed by atoms with van der Waals surface area (Å²) in [5.74, 6) is -0.649. The largest absolute Gasteiger partial charge is 0.612 e. The SMILES string of the molecule is C[S+]([O-])c1ccc(-n2nnc3cnc(N[C@@H]4CC[C@@H](C(=O)O)C4)nc32)cc1. The molecule has 1 saturated carbocycles. The summed E-state index contributed by atoms with van der Waals surface area (Å²) in [6, 6.07) is 7.23. The van der Waals surface area contributed by atoms with Crippen LogP contribution in [0.1, 0.15) is 19.3 Å². The number of carbonyl (C=O) groups is 1. The Balaban J connectivity index is 1.59. The highest BCUT2D eigenvalue weighted by atomic mass is 32.2. The molecule has 3 atom stereocenters.